The molecule has 14 heavy (non-hydrogen) atoms. The summed E-state index contributed by atoms with van der Waals surface area (Å²) >= 11 is 0. The molecule has 0 spiro atoms. The Hall–Kier alpha value is -1.55. The van der Waals surface area contributed by atoms with E-state index in [2.05, 4.69) is 14.9 Å². The van der Waals surface area contributed by atoms with Gasteiger partial charge in [0.1, 0.15) is 0 Å². The largest absolute Gasteiger partial charge is 0.465 e. The standard InChI is InChI=1S/C9H8N2O2.ClH/c1-13-9(12)6-2-3-8-7(4-6)5-10-11-8;/h2-5H,1H3,(H,10,11);1H. The summed E-state index contributed by atoms with van der Waals surface area (Å²) in [5.41, 5.74) is 1.45. The Labute approximate surface area is 86.7 Å². The fourth-order valence-corrected chi connectivity index (χ4v) is 1.19. The number of aromatic amines is 1. The van der Waals surface area contributed by atoms with E-state index in [9.17, 15) is 4.79 Å². The number of carbonyl (C=O) groups excluding carboxylic acids is 1. The van der Waals surface area contributed by atoms with Gasteiger partial charge in [-0.1, -0.05) is 0 Å². The van der Waals surface area contributed by atoms with E-state index >= 15 is 0 Å². The Morgan fingerprint density at radius 2 is 2.29 bits per heavy atom. The van der Waals surface area contributed by atoms with Crippen LogP contribution in [0.1, 0.15) is 10.4 Å². The molecule has 0 saturated heterocycles. The van der Waals surface area contributed by atoms with Crippen LogP contribution in [0.5, 0.6) is 0 Å². The average Bonchev–Trinajstić information content (AvgIpc) is 2.63. The molecule has 1 aromatic heterocycles. The first-order chi connectivity index (χ1) is 6.31. The van der Waals surface area contributed by atoms with Gasteiger partial charge in [0.15, 0.2) is 0 Å². The lowest BCUT2D eigenvalue weighted by molar-refractivity contribution is 0.0601. The molecular formula is C9H9ClN2O2. The Morgan fingerprint density at radius 3 is 3.00 bits per heavy atom. The van der Waals surface area contributed by atoms with Crippen molar-refractivity contribution in [3.8, 4) is 0 Å². The molecule has 0 bridgehead atoms. The number of esters is 1. The predicted octanol–water partition coefficient (Wildman–Crippen LogP) is 1.77. The average molecular weight is 213 g/mol. The molecule has 2 aromatic rings. The maximum absolute atomic E-state index is 11.1. The molecule has 0 amide bonds. The molecule has 0 saturated carbocycles. The third kappa shape index (κ3) is 1.70. The van der Waals surface area contributed by atoms with Gasteiger partial charge in [-0.25, -0.2) is 4.79 Å². The highest BCUT2D eigenvalue weighted by molar-refractivity contribution is 5.94. The fourth-order valence-electron chi connectivity index (χ4n) is 1.19. The van der Waals surface area contributed by atoms with Crippen molar-refractivity contribution < 1.29 is 9.53 Å². The second kappa shape index (κ2) is 4.11. The van der Waals surface area contributed by atoms with E-state index in [0.717, 1.165) is 10.9 Å². The molecule has 1 N–H and O–H groups in total. The van der Waals surface area contributed by atoms with Crippen LogP contribution in [0.4, 0.5) is 0 Å². The van der Waals surface area contributed by atoms with E-state index in [1.165, 1.54) is 7.11 Å². The summed E-state index contributed by atoms with van der Waals surface area (Å²) in [4.78, 5) is 11.1. The third-order valence-electron chi connectivity index (χ3n) is 1.86. The first kappa shape index (κ1) is 10.5. The molecule has 0 unspecified atom stereocenters. The van der Waals surface area contributed by atoms with Crippen LogP contribution in [0.3, 0.4) is 0 Å². The number of carbonyl (C=O) groups is 1. The highest BCUT2D eigenvalue weighted by Gasteiger charge is 2.05. The first-order valence-electron chi connectivity index (χ1n) is 3.83. The maximum Gasteiger partial charge on any atom is 0.337 e. The summed E-state index contributed by atoms with van der Waals surface area (Å²) in [6, 6.07) is 5.24. The zero-order valence-electron chi connectivity index (χ0n) is 7.48. The van der Waals surface area contributed by atoms with Crippen molar-refractivity contribution in [1.82, 2.24) is 10.2 Å². The lowest BCUT2D eigenvalue weighted by Crippen LogP contribution is -2.00. The molecule has 5 heteroatoms. The molecule has 4 nitrogen and oxygen atoms in total. The number of aromatic nitrogens is 2. The molecular weight excluding hydrogens is 204 g/mol. The summed E-state index contributed by atoms with van der Waals surface area (Å²) in [5, 5.41) is 7.56. The van der Waals surface area contributed by atoms with Crippen LogP contribution in [-0.4, -0.2) is 23.3 Å². The van der Waals surface area contributed by atoms with Gasteiger partial charge in [0, 0.05) is 5.39 Å². The zero-order chi connectivity index (χ0) is 9.26. The second-order valence-corrected chi connectivity index (χ2v) is 2.66. The Balaban J connectivity index is 0.000000980. The molecule has 74 valence electrons. The number of benzene rings is 1. The van der Waals surface area contributed by atoms with E-state index in [0.29, 0.717) is 5.56 Å². The molecule has 0 aliphatic carbocycles. The monoisotopic (exact) mass is 212 g/mol. The van der Waals surface area contributed by atoms with Crippen molar-refractivity contribution in [2.75, 3.05) is 7.11 Å². The lowest BCUT2D eigenvalue weighted by atomic mass is 10.2. The summed E-state index contributed by atoms with van der Waals surface area (Å²) in [6.07, 6.45) is 1.67. The fraction of sp³-hybridized carbons (Fsp3) is 0.111. The van der Waals surface area contributed by atoms with Crippen molar-refractivity contribution in [3.63, 3.8) is 0 Å². The molecule has 2 rings (SSSR count). The van der Waals surface area contributed by atoms with E-state index in [1.54, 1.807) is 24.4 Å². The van der Waals surface area contributed by atoms with Gasteiger partial charge in [0.05, 0.1) is 24.4 Å². The molecule has 0 radical (unpaired) electrons. The van der Waals surface area contributed by atoms with Crippen molar-refractivity contribution in [3.05, 3.63) is 30.0 Å². The number of nitrogens with one attached hydrogen (secondary N) is 1. The molecule has 0 atom stereocenters. The minimum Gasteiger partial charge on any atom is -0.465 e. The van der Waals surface area contributed by atoms with E-state index in [-0.39, 0.29) is 18.4 Å². The first-order valence-corrected chi connectivity index (χ1v) is 3.83. The van der Waals surface area contributed by atoms with Gasteiger partial charge < -0.3 is 4.74 Å². The van der Waals surface area contributed by atoms with Gasteiger partial charge in [-0.15, -0.1) is 12.4 Å². The van der Waals surface area contributed by atoms with Crippen LogP contribution in [0.15, 0.2) is 24.4 Å². The third-order valence-corrected chi connectivity index (χ3v) is 1.86. The molecule has 0 fully saturated rings. The maximum atomic E-state index is 11.1. The summed E-state index contributed by atoms with van der Waals surface area (Å²) in [7, 11) is 1.36. The molecule has 0 aliphatic rings. The summed E-state index contributed by atoms with van der Waals surface area (Å²) in [5.74, 6) is -0.330. The van der Waals surface area contributed by atoms with Gasteiger partial charge >= 0.3 is 5.97 Å². The van der Waals surface area contributed by atoms with Crippen LogP contribution in [0.25, 0.3) is 10.9 Å². The minimum atomic E-state index is -0.330. The number of rotatable bonds is 1. The smallest absolute Gasteiger partial charge is 0.337 e. The van der Waals surface area contributed by atoms with Crippen molar-refractivity contribution in [2.24, 2.45) is 0 Å². The lowest BCUT2D eigenvalue weighted by Gasteiger charge is -1.97. The number of halogens is 1. The van der Waals surface area contributed by atoms with Crippen molar-refractivity contribution in [2.45, 2.75) is 0 Å². The van der Waals surface area contributed by atoms with Gasteiger partial charge in [0.25, 0.3) is 0 Å². The number of nitrogens with zero attached hydrogens (tertiary/aromatic N) is 1. The number of H-pyrrole nitrogens is 1. The molecule has 1 aromatic carbocycles. The van der Waals surface area contributed by atoms with Gasteiger partial charge in [-0.2, -0.15) is 5.10 Å². The zero-order valence-corrected chi connectivity index (χ0v) is 8.30. The number of methoxy groups -OCH3 is 1. The minimum absolute atomic E-state index is 0. The van der Waals surface area contributed by atoms with Gasteiger partial charge in [-0.3, -0.25) is 5.10 Å². The molecule has 1 heterocycles. The SMILES string of the molecule is COC(=O)c1ccc2[nH]ncc2c1.Cl. The quantitative estimate of drug-likeness (QED) is 0.733. The molecule has 0 aliphatic heterocycles. The van der Waals surface area contributed by atoms with Crippen LogP contribution >= 0.6 is 12.4 Å². The summed E-state index contributed by atoms with van der Waals surface area (Å²) in [6.45, 7) is 0. The highest BCUT2D eigenvalue weighted by Crippen LogP contribution is 2.13. The van der Waals surface area contributed by atoms with Crippen molar-refractivity contribution >= 4 is 29.3 Å². The number of fused-ring (bicyclic) bond motifs is 1. The van der Waals surface area contributed by atoms with Crippen molar-refractivity contribution in [1.29, 1.82) is 0 Å². The topological polar surface area (TPSA) is 55.0 Å². The number of ether oxygens (including phenoxy) is 1. The van der Waals surface area contributed by atoms with Gasteiger partial charge in [0.2, 0.25) is 0 Å². The Morgan fingerprint density at radius 1 is 1.50 bits per heavy atom. The Kier molecular flexibility index (Phi) is 3.09. The highest BCUT2D eigenvalue weighted by atomic mass is 35.5. The normalized spacial score (nSPS) is 9.50. The number of hydrogen-bond acceptors (Lipinski definition) is 3. The Bertz CT molecular complexity index is 453. The van der Waals surface area contributed by atoms with Crippen LogP contribution in [0.2, 0.25) is 0 Å². The van der Waals surface area contributed by atoms with Gasteiger partial charge in [-0.05, 0) is 18.2 Å². The van der Waals surface area contributed by atoms with Crippen LogP contribution in [-0.2, 0) is 4.74 Å². The van der Waals surface area contributed by atoms with E-state index in [1.807, 2.05) is 0 Å². The summed E-state index contributed by atoms with van der Waals surface area (Å²) < 4.78 is 4.59. The van der Waals surface area contributed by atoms with Crippen LogP contribution < -0.4 is 0 Å². The van der Waals surface area contributed by atoms with E-state index < -0.39 is 0 Å². The van der Waals surface area contributed by atoms with E-state index in [4.69, 9.17) is 0 Å². The predicted molar refractivity (Wildman–Crippen MR) is 54.7 cm³/mol. The van der Waals surface area contributed by atoms with Crippen LogP contribution in [0, 0.1) is 0 Å². The second-order valence-electron chi connectivity index (χ2n) is 2.66. The number of hydrogen-bond donors (Lipinski definition) is 1.